The highest BCUT2D eigenvalue weighted by Crippen LogP contribution is 2.35. The number of imide groups is 1. The number of nitrogens with zero attached hydrogens (tertiary/aromatic N) is 3. The lowest BCUT2D eigenvalue weighted by Gasteiger charge is -2.22. The summed E-state index contributed by atoms with van der Waals surface area (Å²) in [4.78, 5) is 51.6. The van der Waals surface area contributed by atoms with Gasteiger partial charge in [-0.05, 0) is 12.1 Å². The Bertz CT molecular complexity index is 1360. The SMILES string of the molecule is CN1C=C(C(F)(F)F)N=C(C(=O)Oc2cc(Cl)c(NC(=O)NC(=O)c3ccccc3[N+](=O)[O-])cc2Cl)C1. The molecule has 16 heteroatoms. The van der Waals surface area contributed by atoms with Crippen LogP contribution in [0.2, 0.25) is 10.0 Å². The number of aliphatic imine (C=N–C) groups is 1. The van der Waals surface area contributed by atoms with Crippen LogP contribution in [0.1, 0.15) is 10.4 Å². The van der Waals surface area contributed by atoms with Crippen molar-refractivity contribution in [3.8, 4) is 5.75 Å². The lowest BCUT2D eigenvalue weighted by molar-refractivity contribution is -0.385. The summed E-state index contributed by atoms with van der Waals surface area (Å²) in [5, 5.41) is 14.7. The first-order valence-electron chi connectivity index (χ1n) is 9.90. The molecule has 2 aromatic carbocycles. The molecular formula is C21H14Cl2F3N5O6. The normalized spacial score (nSPS) is 13.3. The van der Waals surface area contributed by atoms with E-state index >= 15 is 0 Å². The third-order valence-corrected chi connectivity index (χ3v) is 5.18. The summed E-state index contributed by atoms with van der Waals surface area (Å²) in [7, 11) is 1.31. The Morgan fingerprint density at radius 3 is 2.49 bits per heavy atom. The first kappa shape index (κ1) is 27.4. The van der Waals surface area contributed by atoms with E-state index in [0.29, 0.717) is 0 Å². The molecule has 2 N–H and O–H groups in total. The van der Waals surface area contributed by atoms with Crippen molar-refractivity contribution in [3.63, 3.8) is 0 Å². The molecule has 3 amide bonds. The van der Waals surface area contributed by atoms with Crippen LogP contribution < -0.4 is 15.4 Å². The van der Waals surface area contributed by atoms with Gasteiger partial charge in [-0.15, -0.1) is 0 Å². The van der Waals surface area contributed by atoms with Crippen molar-refractivity contribution in [1.29, 1.82) is 0 Å². The molecule has 11 nitrogen and oxygen atoms in total. The molecule has 2 aromatic rings. The van der Waals surface area contributed by atoms with Crippen molar-refractivity contribution in [2.24, 2.45) is 4.99 Å². The van der Waals surface area contributed by atoms with Gasteiger partial charge in [0.1, 0.15) is 11.3 Å². The Morgan fingerprint density at radius 2 is 1.84 bits per heavy atom. The van der Waals surface area contributed by atoms with Crippen LogP contribution in [0.3, 0.4) is 0 Å². The van der Waals surface area contributed by atoms with E-state index in [9.17, 15) is 37.7 Å². The number of para-hydroxylation sites is 1. The summed E-state index contributed by atoms with van der Waals surface area (Å²) >= 11 is 12.1. The molecule has 0 saturated carbocycles. The van der Waals surface area contributed by atoms with E-state index in [4.69, 9.17) is 27.9 Å². The monoisotopic (exact) mass is 559 g/mol. The van der Waals surface area contributed by atoms with Crippen molar-refractivity contribution in [2.75, 3.05) is 18.9 Å². The minimum Gasteiger partial charge on any atom is -0.420 e. The van der Waals surface area contributed by atoms with Crippen LogP contribution in [-0.2, 0) is 4.79 Å². The smallest absolute Gasteiger partial charge is 0.420 e. The van der Waals surface area contributed by atoms with Crippen LogP contribution in [-0.4, -0.2) is 53.2 Å². The van der Waals surface area contributed by atoms with Crippen molar-refractivity contribution in [2.45, 2.75) is 6.18 Å². The lowest BCUT2D eigenvalue weighted by Crippen LogP contribution is -2.35. The number of esters is 1. The van der Waals surface area contributed by atoms with Gasteiger partial charge in [0.05, 0.1) is 27.2 Å². The van der Waals surface area contributed by atoms with Crippen LogP contribution in [0, 0.1) is 10.1 Å². The molecule has 0 fully saturated rings. The Morgan fingerprint density at radius 1 is 1.16 bits per heavy atom. The zero-order valence-corrected chi connectivity index (χ0v) is 19.9. The van der Waals surface area contributed by atoms with E-state index in [1.165, 1.54) is 19.2 Å². The Labute approximate surface area is 215 Å². The fourth-order valence-electron chi connectivity index (χ4n) is 2.96. The van der Waals surface area contributed by atoms with E-state index in [1.54, 1.807) is 0 Å². The van der Waals surface area contributed by atoms with Crippen LogP contribution >= 0.6 is 23.2 Å². The predicted molar refractivity (Wildman–Crippen MR) is 126 cm³/mol. The number of rotatable bonds is 5. The van der Waals surface area contributed by atoms with Crippen LogP contribution in [0.25, 0.3) is 0 Å². The number of halogens is 5. The number of benzene rings is 2. The highest BCUT2D eigenvalue weighted by molar-refractivity contribution is 6.40. The van der Waals surface area contributed by atoms with E-state index in [0.717, 1.165) is 35.4 Å². The number of nitro groups is 1. The molecule has 1 aliphatic heterocycles. The van der Waals surface area contributed by atoms with E-state index in [2.05, 4.69) is 10.3 Å². The number of amides is 3. The van der Waals surface area contributed by atoms with Gasteiger partial charge < -0.3 is 15.0 Å². The summed E-state index contributed by atoms with van der Waals surface area (Å²) in [5.41, 5.74) is -2.87. The van der Waals surface area contributed by atoms with Gasteiger partial charge in [0.2, 0.25) is 0 Å². The van der Waals surface area contributed by atoms with Gasteiger partial charge in [-0.1, -0.05) is 35.3 Å². The highest BCUT2D eigenvalue weighted by Gasteiger charge is 2.37. The minimum atomic E-state index is -4.79. The average molecular weight is 560 g/mol. The van der Waals surface area contributed by atoms with Gasteiger partial charge in [-0.25, -0.2) is 14.6 Å². The standard InChI is InChI=1S/C21H14Cl2F3N5O6/c1-30-8-14(27-17(9-30)21(24,25)26)19(33)37-16-7-11(22)13(6-12(16)23)28-20(34)29-18(32)10-4-2-3-5-15(10)31(35)36/h2-7,9H,8H2,1H3,(H2,28,29,32,34). The van der Waals surface area contributed by atoms with Gasteiger partial charge in [-0.2, -0.15) is 13.2 Å². The van der Waals surface area contributed by atoms with Gasteiger partial charge >= 0.3 is 18.2 Å². The summed E-state index contributed by atoms with van der Waals surface area (Å²) in [5.74, 6) is -2.62. The molecule has 0 saturated heterocycles. The van der Waals surface area contributed by atoms with Crippen molar-refractivity contribution < 1.29 is 37.2 Å². The number of alkyl halides is 3. The second-order valence-corrected chi connectivity index (χ2v) is 8.13. The Balaban J connectivity index is 1.72. The number of hydrogen-bond acceptors (Lipinski definition) is 8. The maximum absolute atomic E-state index is 13.0. The number of allylic oxidation sites excluding steroid dienone is 1. The van der Waals surface area contributed by atoms with Gasteiger partial charge in [-0.3, -0.25) is 20.2 Å². The van der Waals surface area contributed by atoms with Crippen molar-refractivity contribution in [3.05, 3.63) is 74.0 Å². The Kier molecular flexibility index (Phi) is 8.03. The van der Waals surface area contributed by atoms with Gasteiger partial charge in [0, 0.05) is 25.4 Å². The maximum atomic E-state index is 13.0. The molecule has 1 aliphatic rings. The quantitative estimate of drug-likeness (QED) is 0.236. The van der Waals surface area contributed by atoms with Crippen molar-refractivity contribution >= 4 is 58.2 Å². The fourth-order valence-corrected chi connectivity index (χ4v) is 3.36. The lowest BCUT2D eigenvalue weighted by atomic mass is 10.1. The van der Waals surface area contributed by atoms with Gasteiger partial charge in [0.15, 0.2) is 11.4 Å². The number of hydrogen-bond donors (Lipinski definition) is 2. The summed E-state index contributed by atoms with van der Waals surface area (Å²) in [6, 6.07) is 5.89. The molecule has 0 bridgehead atoms. The third-order valence-electron chi connectivity index (χ3n) is 4.57. The molecule has 194 valence electrons. The number of ether oxygens (including phenoxy) is 1. The number of anilines is 1. The zero-order valence-electron chi connectivity index (χ0n) is 18.4. The second-order valence-electron chi connectivity index (χ2n) is 7.32. The van der Waals surface area contributed by atoms with E-state index in [1.807, 2.05) is 5.32 Å². The molecule has 1 heterocycles. The van der Waals surface area contributed by atoms with Gasteiger partial charge in [0.25, 0.3) is 11.6 Å². The summed E-state index contributed by atoms with van der Waals surface area (Å²) in [6.45, 7) is -0.267. The van der Waals surface area contributed by atoms with Crippen LogP contribution in [0.5, 0.6) is 5.75 Å². The number of nitrogens with one attached hydrogen (secondary N) is 2. The molecule has 37 heavy (non-hydrogen) atoms. The Hall–Kier alpha value is -4.17. The first-order valence-corrected chi connectivity index (χ1v) is 10.7. The predicted octanol–water partition coefficient (Wildman–Crippen LogP) is 4.56. The zero-order chi connectivity index (χ0) is 27.5. The molecular weight excluding hydrogens is 546 g/mol. The molecule has 3 rings (SSSR count). The number of urea groups is 1. The first-order chi connectivity index (χ1) is 17.3. The minimum absolute atomic E-state index is 0.142. The van der Waals surface area contributed by atoms with E-state index in [-0.39, 0.29) is 33.6 Å². The average Bonchev–Trinajstić information content (AvgIpc) is 2.81. The van der Waals surface area contributed by atoms with Crippen LogP contribution in [0.4, 0.5) is 29.3 Å². The number of carbonyl (C=O) groups excluding carboxylic acids is 3. The summed E-state index contributed by atoms with van der Waals surface area (Å²) in [6.07, 6.45) is -4.06. The number of carbonyl (C=O) groups is 3. The van der Waals surface area contributed by atoms with Crippen LogP contribution in [0.15, 0.2) is 53.3 Å². The van der Waals surface area contributed by atoms with E-state index < -0.39 is 46.1 Å². The molecule has 0 aromatic heterocycles. The fraction of sp³-hybridized carbons (Fsp3) is 0.143. The van der Waals surface area contributed by atoms with Crippen molar-refractivity contribution in [1.82, 2.24) is 10.2 Å². The largest absolute Gasteiger partial charge is 0.434 e. The molecule has 0 unspecified atom stereocenters. The molecule has 0 aliphatic carbocycles. The second kappa shape index (κ2) is 10.8. The number of nitro benzene ring substituents is 1. The topological polar surface area (TPSA) is 143 Å². The maximum Gasteiger partial charge on any atom is 0.434 e. The molecule has 0 atom stereocenters. The third kappa shape index (κ3) is 6.74. The highest BCUT2D eigenvalue weighted by atomic mass is 35.5. The molecule has 0 spiro atoms. The molecule has 0 radical (unpaired) electrons. The summed E-state index contributed by atoms with van der Waals surface area (Å²) < 4.78 is 44.0.